The molecule has 3 rings (SSSR count). The first-order chi connectivity index (χ1) is 68.3. The van der Waals surface area contributed by atoms with Crippen LogP contribution in [0, 0.1) is 23.2 Å². The molecule has 54 nitrogen and oxygen atoms in total. The minimum Gasteiger partial charge on any atom is -0.481 e. The molecule has 54 heteroatoms. The number of guanidine groups is 1. The number of hydrogen-bond acceptors (Lipinski definition) is 29. The normalized spacial score (nSPS) is 17.2. The van der Waals surface area contributed by atoms with Gasteiger partial charge in [0.2, 0.25) is 124 Å². The number of aliphatic hydroxyl groups is 2. The Morgan fingerprint density at radius 1 is 0.400 bits per heavy atom. The van der Waals surface area contributed by atoms with E-state index in [9.17, 15) is 131 Å². The Morgan fingerprint density at radius 2 is 0.800 bits per heavy atom. The molecule has 0 radical (unpaired) electrons. The number of hydrogen-bond donors (Lipinski definition) is 29. The summed E-state index contributed by atoms with van der Waals surface area (Å²) in [6, 6.07) is -18.4. The Balaban J connectivity index is 1.73. The van der Waals surface area contributed by atoms with Gasteiger partial charge < -0.3 is 160 Å². The van der Waals surface area contributed by atoms with E-state index in [1.165, 1.54) is 25.7 Å². The molecular formula is C91H151N27O27. The summed E-state index contributed by atoms with van der Waals surface area (Å²) in [6.45, 7) is 13.6. The highest BCUT2D eigenvalue weighted by Gasteiger charge is 2.45. The van der Waals surface area contributed by atoms with Crippen LogP contribution in [0.15, 0.2) is 30.3 Å². The minimum atomic E-state index is -1.92. The van der Waals surface area contributed by atoms with E-state index in [1.807, 2.05) is 0 Å². The molecule has 2 heterocycles. The molecule has 1 aromatic carbocycles. The van der Waals surface area contributed by atoms with Crippen molar-refractivity contribution in [1.29, 1.82) is 5.41 Å². The maximum absolute atomic E-state index is 14.6. The van der Waals surface area contributed by atoms with E-state index in [2.05, 4.69) is 95.7 Å². The van der Waals surface area contributed by atoms with Crippen LogP contribution in [-0.2, 0) is 117 Å². The molecule has 145 heavy (non-hydrogen) atoms. The molecule has 0 bridgehead atoms. The van der Waals surface area contributed by atoms with Gasteiger partial charge in [-0.15, -0.1) is 0 Å². The molecule has 2 aliphatic rings. The van der Waals surface area contributed by atoms with Gasteiger partial charge >= 0.3 is 11.9 Å². The van der Waals surface area contributed by atoms with Crippen molar-refractivity contribution in [1.82, 2.24) is 106 Å². The third-order valence-corrected chi connectivity index (χ3v) is 24.3. The molecule has 0 aromatic heterocycles. The van der Waals surface area contributed by atoms with Crippen molar-refractivity contribution in [3.05, 3.63) is 35.9 Å². The van der Waals surface area contributed by atoms with Crippen LogP contribution < -0.4 is 130 Å². The number of aliphatic carboxylic acids is 2. The van der Waals surface area contributed by atoms with Gasteiger partial charge in [-0.1, -0.05) is 84.7 Å². The zero-order valence-electron chi connectivity index (χ0n) is 83.9. The van der Waals surface area contributed by atoms with Crippen LogP contribution in [0.5, 0.6) is 0 Å². The Bertz CT molecular complexity index is 4630. The molecule has 2 saturated heterocycles. The van der Waals surface area contributed by atoms with Crippen LogP contribution in [0.4, 0.5) is 0 Å². The van der Waals surface area contributed by atoms with Gasteiger partial charge in [-0.05, 0) is 161 Å². The van der Waals surface area contributed by atoms with Gasteiger partial charge in [0.05, 0.1) is 32.2 Å². The number of benzene rings is 1. The Hall–Kier alpha value is -13.9. The zero-order valence-corrected chi connectivity index (χ0v) is 83.9. The molecule has 21 amide bonds. The summed E-state index contributed by atoms with van der Waals surface area (Å²) in [6.07, 6.45) is -2.87. The number of amides is 21. The van der Waals surface area contributed by atoms with E-state index in [0.29, 0.717) is 24.8 Å². The third kappa shape index (κ3) is 43.3. The highest BCUT2D eigenvalue weighted by atomic mass is 16.4. The lowest BCUT2D eigenvalue weighted by Gasteiger charge is -2.32. The Kier molecular flexibility index (Phi) is 55.3. The van der Waals surface area contributed by atoms with Crippen molar-refractivity contribution in [2.75, 3.05) is 52.4 Å². The first-order valence-electron chi connectivity index (χ1n) is 48.6. The number of nitrogens with two attached hydrogens (primary N) is 6. The number of rotatable bonds is 66. The van der Waals surface area contributed by atoms with E-state index in [4.69, 9.17) is 39.8 Å². The quantitative estimate of drug-likeness (QED) is 0.0164. The van der Waals surface area contributed by atoms with E-state index in [1.54, 1.807) is 71.9 Å². The second kappa shape index (κ2) is 64.0. The summed E-state index contributed by atoms with van der Waals surface area (Å²) in [5, 5.41) is 92.3. The van der Waals surface area contributed by atoms with Crippen molar-refractivity contribution < 1.29 is 131 Å². The zero-order chi connectivity index (χ0) is 109. The van der Waals surface area contributed by atoms with Gasteiger partial charge in [-0.2, -0.15) is 0 Å². The van der Waals surface area contributed by atoms with E-state index in [0.717, 1.165) is 18.7 Å². The van der Waals surface area contributed by atoms with Gasteiger partial charge in [0.15, 0.2) is 5.96 Å². The number of primary amides is 2. The molecule has 1 aromatic rings. The van der Waals surface area contributed by atoms with Crippen molar-refractivity contribution in [2.45, 2.75) is 319 Å². The lowest BCUT2D eigenvalue weighted by molar-refractivity contribution is -0.144. The van der Waals surface area contributed by atoms with Crippen LogP contribution in [0.3, 0.4) is 0 Å². The molecular weight excluding hydrogens is 1900 g/mol. The standard InChI is InChI=1S/C91H151N27O27/c1-12-46(5)70(86(140)104-49(8)73(127)102-50(9)76(130)112-61(44-119)82(136)107-55(26-17-19-35-92)78(132)113-69(45(3)4)89(143)118-39-23-29-62(118)83(137)103-51(10)75(129)111-60(90(144)145)40-53-24-15-14-16-25-53)114-79(133)56(27-18-20-36-93)109-87(141)71(47(6)13-2)115-80(134)58(32-34-68(125)126)106-74(128)48(7)101-67(124)43-100-85(139)72(52(11)120)116-81(135)57(31-33-64(95)121)108-84(138)63-30-22-38-117(63)88(142)59(41-65(96)122)110-77(131)54(105-66(123)42-94)28-21-37-99-91(97)98/h14-16,24-25,45-52,54-63,69-72,119-120H,12-13,17-23,26-44,92-94H2,1-11H3,(H2,95,121)(H2,96,122)(H,100,139)(H,101,124)(H,102,127)(H,103,137)(H,104,140)(H,105,123)(H,106,128)(H,107,136)(H,108,138)(H,109,141)(H,110,131)(H,111,129)(H,112,130)(H,113,132)(H,114,133)(H,115,134)(H,116,135)(H,125,126)(H,144,145)(H4,97,98,99)/t46-,47-,48-,49-,50-,51-,52+,54-,55-,56-,57-,58-,59-,60-,61-,62-,63-,69-,70-,71-,72-/m0/s1. The fraction of sp³-hybridized carbons (Fsp3) is 0.670. The number of nitrogens with one attached hydrogen (secondary N) is 19. The van der Waals surface area contributed by atoms with E-state index < -0.39 is 320 Å². The van der Waals surface area contributed by atoms with Gasteiger partial charge in [-0.25, -0.2) is 4.79 Å². The van der Waals surface area contributed by atoms with Crippen LogP contribution >= 0.6 is 0 Å². The minimum absolute atomic E-state index is 0.0418. The van der Waals surface area contributed by atoms with Crippen molar-refractivity contribution in [3.63, 3.8) is 0 Å². The first-order valence-corrected chi connectivity index (χ1v) is 48.6. The average Bonchev–Trinajstić information content (AvgIpc) is 1.70. The molecule has 0 saturated carbocycles. The summed E-state index contributed by atoms with van der Waals surface area (Å²) in [7, 11) is 0. The molecule has 2 aliphatic heterocycles. The lowest BCUT2D eigenvalue weighted by Crippen LogP contribution is -2.61. The van der Waals surface area contributed by atoms with Gasteiger partial charge in [-0.3, -0.25) is 111 Å². The van der Waals surface area contributed by atoms with Crippen molar-refractivity contribution in [2.24, 2.45) is 52.2 Å². The van der Waals surface area contributed by atoms with Crippen molar-refractivity contribution in [3.8, 4) is 0 Å². The van der Waals surface area contributed by atoms with Crippen LogP contribution in [0.1, 0.15) is 204 Å². The molecule has 0 aliphatic carbocycles. The molecule has 812 valence electrons. The average molecular weight is 2060 g/mol. The van der Waals surface area contributed by atoms with E-state index in [-0.39, 0.29) is 116 Å². The van der Waals surface area contributed by atoms with Crippen LogP contribution in [0.25, 0.3) is 0 Å². The fourth-order valence-electron chi connectivity index (χ4n) is 15.4. The van der Waals surface area contributed by atoms with Gasteiger partial charge in [0.1, 0.15) is 109 Å². The summed E-state index contributed by atoms with van der Waals surface area (Å²) in [4.78, 5) is 315. The molecule has 2 fully saturated rings. The number of carboxylic acid groups (broad SMARTS) is 2. The number of aliphatic hydroxyl groups excluding tert-OH is 2. The summed E-state index contributed by atoms with van der Waals surface area (Å²) < 4.78 is 0. The second-order valence-electron chi connectivity index (χ2n) is 36.4. The molecule has 0 spiro atoms. The number of unbranched alkanes of at least 4 members (excludes halogenated alkanes) is 2. The maximum Gasteiger partial charge on any atom is 0.326 e. The highest BCUT2D eigenvalue weighted by Crippen LogP contribution is 2.24. The molecule has 35 N–H and O–H groups in total. The topological polar surface area (TPSA) is 877 Å². The number of likely N-dealkylation sites (tertiary alicyclic amines) is 2. The van der Waals surface area contributed by atoms with E-state index >= 15 is 0 Å². The maximum atomic E-state index is 14.6. The highest BCUT2D eigenvalue weighted by molar-refractivity contribution is 6.03. The Morgan fingerprint density at radius 3 is 1.27 bits per heavy atom. The number of carboxylic acids is 2. The van der Waals surface area contributed by atoms with Gasteiger partial charge in [0, 0.05) is 38.9 Å². The second-order valence-corrected chi connectivity index (χ2v) is 36.4. The lowest BCUT2D eigenvalue weighted by atomic mass is 9.95. The first kappa shape index (κ1) is 125. The fourth-order valence-corrected chi connectivity index (χ4v) is 15.4. The number of nitrogens with zero attached hydrogens (tertiary/aromatic N) is 2. The smallest absolute Gasteiger partial charge is 0.326 e. The summed E-state index contributed by atoms with van der Waals surface area (Å²) in [5.74, 6) is -25.6. The van der Waals surface area contributed by atoms with Gasteiger partial charge in [0.25, 0.3) is 0 Å². The largest absolute Gasteiger partial charge is 0.481 e. The molecule has 21 atom stereocenters. The third-order valence-electron chi connectivity index (χ3n) is 24.3. The number of carbonyl (C=O) groups excluding carboxylic acids is 21. The SMILES string of the molecule is CC[C@H](C)[C@H](NC(=O)[C@H](CCCCN)NC(=O)[C@@H](NC(=O)[C@H](CCC(=O)O)NC(=O)[C@H](C)NC(=O)CNC(=O)[C@@H](NC(=O)[C@H](CCC(N)=O)NC(=O)[C@@H]1CCCN1C(=O)[C@H](CC(N)=O)NC(=O)[C@H](CCCNC(=N)N)NC(=O)CN)[C@@H](C)O)[C@@H](C)CC)C(=O)N[C@@H](C)C(=O)N[C@@H](C)C(=O)N[C@@H](CO)C(=O)N[C@@H](CCCCN)C(=O)N[C@H](C(=O)N1CCC[C@H]1C(=O)N[C@@H](C)C(=O)N[C@@H](Cc1ccccc1)C(=O)O)C(C)C. The van der Waals surface area contributed by atoms with Crippen molar-refractivity contribution >= 4 is 142 Å². The summed E-state index contributed by atoms with van der Waals surface area (Å²) >= 11 is 0. The predicted molar refractivity (Wildman–Crippen MR) is 519 cm³/mol. The predicted octanol–water partition coefficient (Wildman–Crippen LogP) is -10.1. The Labute approximate surface area is 839 Å². The molecule has 0 unspecified atom stereocenters. The number of carbonyl (C=O) groups is 23. The van der Waals surface area contributed by atoms with Crippen LogP contribution in [0.2, 0.25) is 0 Å². The summed E-state index contributed by atoms with van der Waals surface area (Å²) in [5.41, 5.74) is 33.9. The monoisotopic (exact) mass is 2050 g/mol. The van der Waals surface area contributed by atoms with Crippen LogP contribution in [-0.4, -0.2) is 339 Å².